The quantitative estimate of drug-likeness (QED) is 0.190. The number of hydrogen-bond donors (Lipinski definition) is 1. The van der Waals surface area contributed by atoms with E-state index in [2.05, 4.69) is 23.2 Å². The van der Waals surface area contributed by atoms with E-state index in [0.29, 0.717) is 17.5 Å². The van der Waals surface area contributed by atoms with Crippen molar-refractivity contribution in [2.75, 3.05) is 11.2 Å². The lowest BCUT2D eigenvalue weighted by atomic mass is 10.2. The Morgan fingerprint density at radius 3 is 2.24 bits per heavy atom. The van der Waals surface area contributed by atoms with Gasteiger partial charge >= 0.3 is 0 Å². The molecule has 0 saturated heterocycles. The molecular weight excluding hydrogens is 496 g/mol. The SMILES string of the molecule is CSc1ccc(/C=C2\N=C(c3ccccc3)N(c3nc4ccc(Sc5ccccc5)cc4[nH]3)C2=O)cc1. The van der Waals surface area contributed by atoms with E-state index in [0.717, 1.165) is 32.0 Å². The van der Waals surface area contributed by atoms with E-state index in [-0.39, 0.29) is 5.91 Å². The Labute approximate surface area is 223 Å². The Morgan fingerprint density at radius 2 is 1.51 bits per heavy atom. The molecule has 180 valence electrons. The van der Waals surface area contributed by atoms with Crippen LogP contribution in [0.2, 0.25) is 0 Å². The van der Waals surface area contributed by atoms with Gasteiger partial charge in [-0.3, -0.25) is 4.79 Å². The lowest BCUT2D eigenvalue weighted by Crippen LogP contribution is -2.33. The van der Waals surface area contributed by atoms with Gasteiger partial charge in [0.25, 0.3) is 5.91 Å². The number of fused-ring (bicyclic) bond motifs is 1. The van der Waals surface area contributed by atoms with Crippen molar-refractivity contribution in [3.8, 4) is 0 Å². The molecule has 37 heavy (non-hydrogen) atoms. The molecule has 0 bridgehead atoms. The minimum Gasteiger partial charge on any atom is -0.323 e. The second-order valence-electron chi connectivity index (χ2n) is 8.40. The second kappa shape index (κ2) is 10.1. The summed E-state index contributed by atoms with van der Waals surface area (Å²) in [5, 5.41) is 0. The molecule has 4 aromatic carbocycles. The highest BCUT2D eigenvalue weighted by atomic mass is 32.2. The van der Waals surface area contributed by atoms with Crippen molar-refractivity contribution in [1.82, 2.24) is 9.97 Å². The Balaban J connectivity index is 1.38. The smallest absolute Gasteiger partial charge is 0.285 e. The highest BCUT2D eigenvalue weighted by Crippen LogP contribution is 2.32. The van der Waals surface area contributed by atoms with Gasteiger partial charge in [0, 0.05) is 20.2 Å². The number of carbonyl (C=O) groups is 1. The van der Waals surface area contributed by atoms with E-state index >= 15 is 0 Å². The number of nitrogens with one attached hydrogen (secondary N) is 1. The average Bonchev–Trinajstić information content (AvgIpc) is 3.50. The standard InChI is InChI=1S/C30H22N4OS2/c1-36-22-14-12-20(13-15-22)18-27-29(35)34(28(31-27)21-8-4-2-5-9-21)30-32-25-17-16-24(19-26(25)33-30)37-23-10-6-3-7-11-23/h2-19H,1H3,(H,32,33)/b27-18-. The fourth-order valence-corrected chi connectivity index (χ4v) is 5.41. The maximum absolute atomic E-state index is 13.7. The third kappa shape index (κ3) is 4.83. The number of aromatic amines is 1. The zero-order valence-corrected chi connectivity index (χ0v) is 21.6. The molecule has 1 N–H and O–H groups in total. The lowest BCUT2D eigenvalue weighted by Gasteiger charge is -2.15. The number of aliphatic imine (C=N–C) groups is 1. The molecule has 6 rings (SSSR count). The van der Waals surface area contributed by atoms with Crippen molar-refractivity contribution in [3.05, 3.63) is 120 Å². The summed E-state index contributed by atoms with van der Waals surface area (Å²) in [4.78, 5) is 31.6. The number of anilines is 1. The largest absolute Gasteiger partial charge is 0.323 e. The predicted molar refractivity (Wildman–Crippen MR) is 153 cm³/mol. The highest BCUT2D eigenvalue weighted by molar-refractivity contribution is 7.99. The monoisotopic (exact) mass is 518 g/mol. The van der Waals surface area contributed by atoms with Gasteiger partial charge in [-0.2, -0.15) is 0 Å². The number of amidine groups is 1. The molecule has 5 nitrogen and oxygen atoms in total. The zero-order valence-electron chi connectivity index (χ0n) is 20.0. The average molecular weight is 519 g/mol. The Kier molecular flexibility index (Phi) is 6.39. The van der Waals surface area contributed by atoms with Crippen LogP contribution in [0, 0.1) is 0 Å². The van der Waals surface area contributed by atoms with Crippen LogP contribution in [0.1, 0.15) is 11.1 Å². The van der Waals surface area contributed by atoms with E-state index in [1.54, 1.807) is 28.4 Å². The van der Waals surface area contributed by atoms with Crippen molar-refractivity contribution in [1.29, 1.82) is 0 Å². The van der Waals surface area contributed by atoms with Gasteiger partial charge < -0.3 is 4.98 Å². The Morgan fingerprint density at radius 1 is 0.811 bits per heavy atom. The number of nitrogens with zero attached hydrogens (tertiary/aromatic N) is 3. The number of imidazole rings is 1. The van der Waals surface area contributed by atoms with Gasteiger partial charge in [-0.1, -0.05) is 72.4 Å². The molecule has 1 aliphatic rings. The fourth-order valence-electron chi connectivity index (χ4n) is 4.12. The molecule has 7 heteroatoms. The summed E-state index contributed by atoms with van der Waals surface area (Å²) in [6.07, 6.45) is 3.87. The zero-order chi connectivity index (χ0) is 25.2. The van der Waals surface area contributed by atoms with Crippen molar-refractivity contribution < 1.29 is 4.79 Å². The van der Waals surface area contributed by atoms with Crippen LogP contribution in [0.3, 0.4) is 0 Å². The predicted octanol–water partition coefficient (Wildman–Crippen LogP) is 7.27. The van der Waals surface area contributed by atoms with E-state index in [1.165, 1.54) is 4.90 Å². The van der Waals surface area contributed by atoms with Crippen molar-refractivity contribution in [2.45, 2.75) is 14.7 Å². The topological polar surface area (TPSA) is 61.4 Å². The van der Waals surface area contributed by atoms with Gasteiger partial charge in [0.15, 0.2) is 5.84 Å². The molecule has 0 fully saturated rings. The lowest BCUT2D eigenvalue weighted by molar-refractivity contribution is -0.113. The molecule has 1 aromatic heterocycles. The van der Waals surface area contributed by atoms with Crippen LogP contribution in [-0.2, 0) is 4.79 Å². The summed E-state index contributed by atoms with van der Waals surface area (Å²) >= 11 is 3.37. The highest BCUT2D eigenvalue weighted by Gasteiger charge is 2.34. The minimum absolute atomic E-state index is 0.217. The van der Waals surface area contributed by atoms with Crippen molar-refractivity contribution in [2.24, 2.45) is 4.99 Å². The molecular formula is C30H22N4OS2. The summed E-state index contributed by atoms with van der Waals surface area (Å²) in [5.74, 6) is 0.784. The van der Waals surface area contributed by atoms with Crippen LogP contribution in [-0.4, -0.2) is 28.0 Å². The second-order valence-corrected chi connectivity index (χ2v) is 10.4. The fraction of sp³-hybridized carbons (Fsp3) is 0.0333. The van der Waals surface area contributed by atoms with Gasteiger partial charge in [0.1, 0.15) is 5.70 Å². The molecule has 1 amide bonds. The van der Waals surface area contributed by atoms with Gasteiger partial charge in [-0.15, -0.1) is 11.8 Å². The maximum Gasteiger partial charge on any atom is 0.285 e. The molecule has 0 aliphatic carbocycles. The summed E-state index contributed by atoms with van der Waals surface area (Å²) in [6.45, 7) is 0. The van der Waals surface area contributed by atoms with Crippen LogP contribution in [0.15, 0.2) is 129 Å². The van der Waals surface area contributed by atoms with E-state index < -0.39 is 0 Å². The van der Waals surface area contributed by atoms with Crippen LogP contribution in [0.25, 0.3) is 17.1 Å². The molecule has 0 radical (unpaired) electrons. The molecule has 0 atom stereocenters. The number of thioether (sulfide) groups is 1. The number of hydrogen-bond acceptors (Lipinski definition) is 5. The van der Waals surface area contributed by atoms with Crippen LogP contribution in [0.5, 0.6) is 0 Å². The normalized spacial score (nSPS) is 14.5. The van der Waals surface area contributed by atoms with Gasteiger partial charge in [-0.25, -0.2) is 14.9 Å². The third-order valence-corrected chi connectivity index (χ3v) is 7.68. The van der Waals surface area contributed by atoms with Crippen molar-refractivity contribution in [3.63, 3.8) is 0 Å². The Hall–Kier alpha value is -4.07. The molecule has 0 saturated carbocycles. The van der Waals surface area contributed by atoms with Crippen molar-refractivity contribution >= 4 is 58.3 Å². The summed E-state index contributed by atoms with van der Waals surface area (Å²) in [6, 6.07) is 34.1. The first-order chi connectivity index (χ1) is 18.2. The van der Waals surface area contributed by atoms with Crippen LogP contribution < -0.4 is 4.90 Å². The number of H-pyrrole nitrogens is 1. The molecule has 2 heterocycles. The summed E-state index contributed by atoms with van der Waals surface area (Å²) in [7, 11) is 0. The molecule has 5 aromatic rings. The Bertz CT molecular complexity index is 1640. The van der Waals surface area contributed by atoms with Crippen LogP contribution in [0.4, 0.5) is 5.95 Å². The molecule has 0 spiro atoms. The van der Waals surface area contributed by atoms with E-state index in [1.807, 2.05) is 97.3 Å². The van der Waals surface area contributed by atoms with E-state index in [9.17, 15) is 4.79 Å². The first-order valence-electron chi connectivity index (χ1n) is 11.7. The summed E-state index contributed by atoms with van der Waals surface area (Å²) in [5.41, 5.74) is 3.79. The van der Waals surface area contributed by atoms with Crippen LogP contribution >= 0.6 is 23.5 Å². The van der Waals surface area contributed by atoms with Gasteiger partial charge in [-0.05, 0) is 60.4 Å². The number of amides is 1. The number of rotatable bonds is 6. The minimum atomic E-state index is -0.217. The maximum atomic E-state index is 13.7. The third-order valence-electron chi connectivity index (χ3n) is 5.94. The van der Waals surface area contributed by atoms with E-state index in [4.69, 9.17) is 9.98 Å². The molecule has 1 aliphatic heterocycles. The summed E-state index contributed by atoms with van der Waals surface area (Å²) < 4.78 is 0. The number of aromatic nitrogens is 2. The first-order valence-corrected chi connectivity index (χ1v) is 13.8. The van der Waals surface area contributed by atoms with Gasteiger partial charge in [0.05, 0.1) is 11.0 Å². The molecule has 0 unspecified atom stereocenters. The number of carbonyl (C=O) groups excluding carboxylic acids is 1. The number of benzene rings is 4. The first kappa shape index (κ1) is 23.3. The van der Waals surface area contributed by atoms with Gasteiger partial charge in [0.2, 0.25) is 5.95 Å².